The van der Waals surface area contributed by atoms with E-state index < -0.39 is 20.4 Å². The fraction of sp³-hybridized carbons (Fsp3) is 0.929. The average molecular weight is 341 g/mol. The van der Waals surface area contributed by atoms with Gasteiger partial charge in [-0.15, -0.1) is 10.3 Å². The van der Waals surface area contributed by atoms with Crippen LogP contribution in [0.3, 0.4) is 0 Å². The third-order valence-corrected chi connectivity index (χ3v) is 8.87. The van der Waals surface area contributed by atoms with Gasteiger partial charge in [0.25, 0.3) is 10.1 Å². The van der Waals surface area contributed by atoms with E-state index in [0.717, 1.165) is 19.3 Å². The highest BCUT2D eigenvalue weighted by molar-refractivity contribution is 8.33. The Kier molecular flexibility index (Phi) is 8.23. The van der Waals surface area contributed by atoms with Crippen LogP contribution in [-0.2, 0) is 23.3 Å². The molecule has 1 aliphatic heterocycles. The molecule has 0 unspecified atom stereocenters. The van der Waals surface area contributed by atoms with Crippen molar-refractivity contribution in [3.63, 3.8) is 0 Å². The Balaban J connectivity index is 2.71. The van der Waals surface area contributed by atoms with Crippen LogP contribution in [0.1, 0.15) is 46.0 Å². The summed E-state index contributed by atoms with van der Waals surface area (Å²) in [6.45, 7) is 4.95. The van der Waals surface area contributed by atoms with Crippen LogP contribution >= 0.6 is 10.3 Å². The number of hydrogen-bond acceptors (Lipinski definition) is 5. The molecule has 21 heavy (non-hydrogen) atoms. The van der Waals surface area contributed by atoms with Gasteiger partial charge in [-0.25, -0.2) is 3.63 Å². The lowest BCUT2D eigenvalue weighted by atomic mass is 10.2. The quantitative estimate of drug-likeness (QED) is 0.611. The SMILES string of the molecule is CCCCC(=O)CS1(OS(=O)(=O)CCCC)CCOCC1. The normalized spacial score (nSPS) is 20.1. The molecule has 1 heterocycles. The monoisotopic (exact) mass is 340 g/mol. The third-order valence-electron chi connectivity index (χ3n) is 3.43. The first-order valence-corrected chi connectivity index (χ1v) is 11.4. The molecule has 1 rings (SSSR count). The maximum Gasteiger partial charge on any atom is 0.276 e. The minimum atomic E-state index is -3.54. The second-order valence-electron chi connectivity index (χ2n) is 5.46. The summed E-state index contributed by atoms with van der Waals surface area (Å²) >= 11 is 0. The standard InChI is InChI=1S/C14H28O5S2/c1-3-5-7-14(15)13-20(11-8-18-9-12-20)19-21(16,17)10-6-4-2/h3-13H2,1-2H3. The van der Waals surface area contributed by atoms with Crippen LogP contribution in [0.5, 0.6) is 0 Å². The van der Waals surface area contributed by atoms with Crippen molar-refractivity contribution in [3.8, 4) is 0 Å². The number of rotatable bonds is 10. The molecule has 1 aliphatic rings. The molecule has 0 radical (unpaired) electrons. The lowest BCUT2D eigenvalue weighted by molar-refractivity contribution is -0.116. The number of ketones is 1. The molecule has 0 aliphatic carbocycles. The lowest BCUT2D eigenvalue weighted by Crippen LogP contribution is -2.32. The number of hydrogen-bond donors (Lipinski definition) is 0. The Morgan fingerprint density at radius 2 is 1.76 bits per heavy atom. The number of unbranched alkanes of at least 4 members (excludes halogenated alkanes) is 2. The van der Waals surface area contributed by atoms with E-state index in [9.17, 15) is 13.2 Å². The zero-order valence-electron chi connectivity index (χ0n) is 13.1. The number of Topliss-reactive ketones (excluding diaryl/α,β-unsaturated/α-hetero) is 1. The van der Waals surface area contributed by atoms with Crippen molar-refractivity contribution >= 4 is 26.2 Å². The van der Waals surface area contributed by atoms with Crippen LogP contribution in [0.25, 0.3) is 0 Å². The Labute approximate surface area is 130 Å². The van der Waals surface area contributed by atoms with Gasteiger partial charge in [-0.05, 0) is 12.8 Å². The van der Waals surface area contributed by atoms with Crippen LogP contribution in [0, 0.1) is 0 Å². The van der Waals surface area contributed by atoms with Gasteiger partial charge in [-0.1, -0.05) is 26.7 Å². The fourth-order valence-electron chi connectivity index (χ4n) is 2.18. The molecule has 7 heteroatoms. The number of carbonyl (C=O) groups is 1. The van der Waals surface area contributed by atoms with Gasteiger partial charge in [-0.2, -0.15) is 8.42 Å². The summed E-state index contributed by atoms with van der Waals surface area (Å²) < 4.78 is 35.1. The van der Waals surface area contributed by atoms with Crippen molar-refractivity contribution in [3.05, 3.63) is 0 Å². The zero-order valence-corrected chi connectivity index (χ0v) is 14.8. The van der Waals surface area contributed by atoms with Crippen LogP contribution in [0.2, 0.25) is 0 Å². The van der Waals surface area contributed by atoms with Gasteiger partial charge < -0.3 is 4.74 Å². The molecular formula is C14H28O5S2. The summed E-state index contributed by atoms with van der Waals surface area (Å²) in [5, 5.41) is 0. The second kappa shape index (κ2) is 9.12. The van der Waals surface area contributed by atoms with Gasteiger partial charge in [0.05, 0.1) is 24.7 Å². The van der Waals surface area contributed by atoms with Gasteiger partial charge in [0.2, 0.25) is 0 Å². The number of ether oxygens (including phenoxy) is 1. The van der Waals surface area contributed by atoms with Crippen molar-refractivity contribution in [2.75, 3.05) is 36.2 Å². The summed E-state index contributed by atoms with van der Waals surface area (Å²) in [5.74, 6) is 1.54. The van der Waals surface area contributed by atoms with Gasteiger partial charge >= 0.3 is 0 Å². The molecule has 0 aromatic rings. The van der Waals surface area contributed by atoms with E-state index in [1.165, 1.54) is 0 Å². The van der Waals surface area contributed by atoms with Crippen molar-refractivity contribution < 1.29 is 21.6 Å². The Bertz CT molecular complexity index is 413. The highest BCUT2D eigenvalue weighted by atomic mass is 32.3. The van der Waals surface area contributed by atoms with Crippen molar-refractivity contribution in [2.24, 2.45) is 0 Å². The van der Waals surface area contributed by atoms with Crippen molar-refractivity contribution in [1.82, 2.24) is 0 Å². The molecule has 126 valence electrons. The molecule has 0 atom stereocenters. The van der Waals surface area contributed by atoms with Crippen LogP contribution in [0.4, 0.5) is 0 Å². The van der Waals surface area contributed by atoms with E-state index in [1.54, 1.807) is 0 Å². The Hall–Kier alpha value is -0.110. The molecule has 0 bridgehead atoms. The first-order valence-electron chi connectivity index (χ1n) is 7.72. The lowest BCUT2D eigenvalue weighted by Gasteiger charge is -2.40. The van der Waals surface area contributed by atoms with Crippen molar-refractivity contribution in [1.29, 1.82) is 0 Å². The summed E-state index contributed by atoms with van der Waals surface area (Å²) in [6.07, 6.45) is 3.74. The second-order valence-corrected chi connectivity index (χ2v) is 10.6. The summed E-state index contributed by atoms with van der Waals surface area (Å²) in [4.78, 5) is 12.1. The van der Waals surface area contributed by atoms with Gasteiger partial charge in [-0.3, -0.25) is 4.79 Å². The van der Waals surface area contributed by atoms with E-state index in [0.29, 0.717) is 37.6 Å². The molecule has 0 N–H and O–H groups in total. The van der Waals surface area contributed by atoms with E-state index in [-0.39, 0.29) is 17.3 Å². The highest BCUT2D eigenvalue weighted by Crippen LogP contribution is 2.52. The van der Waals surface area contributed by atoms with E-state index in [2.05, 4.69) is 0 Å². The maximum absolute atomic E-state index is 12.1. The topological polar surface area (TPSA) is 69.7 Å². The van der Waals surface area contributed by atoms with Crippen LogP contribution in [-0.4, -0.2) is 50.4 Å². The van der Waals surface area contributed by atoms with E-state index in [4.69, 9.17) is 8.37 Å². The van der Waals surface area contributed by atoms with Crippen LogP contribution in [0.15, 0.2) is 0 Å². The van der Waals surface area contributed by atoms with E-state index in [1.807, 2.05) is 13.8 Å². The Morgan fingerprint density at radius 3 is 2.33 bits per heavy atom. The first kappa shape index (κ1) is 18.9. The molecule has 5 nitrogen and oxygen atoms in total. The molecule has 0 aromatic carbocycles. The predicted molar refractivity (Wildman–Crippen MR) is 87.3 cm³/mol. The molecular weight excluding hydrogens is 312 g/mol. The minimum Gasteiger partial charge on any atom is -0.380 e. The molecule has 0 saturated carbocycles. The summed E-state index contributed by atoms with van der Waals surface area (Å²) in [6, 6.07) is 0. The molecule has 1 fully saturated rings. The van der Waals surface area contributed by atoms with Crippen LogP contribution < -0.4 is 0 Å². The largest absolute Gasteiger partial charge is 0.380 e. The summed E-state index contributed by atoms with van der Waals surface area (Å²) in [7, 11) is -5.42. The minimum absolute atomic E-state index is 0.0439. The molecule has 0 aromatic heterocycles. The molecule has 1 saturated heterocycles. The smallest absolute Gasteiger partial charge is 0.276 e. The van der Waals surface area contributed by atoms with Gasteiger partial charge in [0.1, 0.15) is 5.78 Å². The number of carbonyl (C=O) groups excluding carboxylic acids is 1. The van der Waals surface area contributed by atoms with Gasteiger partial charge in [0.15, 0.2) is 0 Å². The maximum atomic E-state index is 12.1. The molecule has 0 spiro atoms. The van der Waals surface area contributed by atoms with E-state index >= 15 is 0 Å². The van der Waals surface area contributed by atoms with Gasteiger partial charge in [0, 0.05) is 17.9 Å². The fourth-order valence-corrected chi connectivity index (χ4v) is 7.65. The Morgan fingerprint density at radius 1 is 1.14 bits per heavy atom. The average Bonchev–Trinajstić information content (AvgIpc) is 2.43. The zero-order chi connectivity index (χ0) is 15.8. The van der Waals surface area contributed by atoms with Crippen molar-refractivity contribution in [2.45, 2.75) is 46.0 Å². The highest BCUT2D eigenvalue weighted by Gasteiger charge is 2.35. The predicted octanol–water partition coefficient (Wildman–Crippen LogP) is 2.64. The molecule has 0 amide bonds. The first-order chi connectivity index (χ1) is 9.93. The summed E-state index contributed by atoms with van der Waals surface area (Å²) in [5.41, 5.74) is 0. The third kappa shape index (κ3) is 7.13.